The number of carbonyl (C=O) groups is 5. The zero-order chi connectivity index (χ0) is 39.6. The van der Waals surface area contributed by atoms with Crippen molar-refractivity contribution in [3.05, 3.63) is 98.6 Å². The van der Waals surface area contributed by atoms with Gasteiger partial charge in [0.05, 0.1) is 27.8 Å². The smallest absolute Gasteiger partial charge is 0.262 e. The molecule has 11 nitrogen and oxygen atoms in total. The molecule has 12 heteroatoms. The molecule has 5 aliphatic rings. The summed E-state index contributed by atoms with van der Waals surface area (Å²) in [5.74, 6) is 6.37. The van der Waals surface area contributed by atoms with Crippen LogP contribution >= 0.6 is 11.6 Å². The first-order valence-corrected chi connectivity index (χ1v) is 20.4. The Morgan fingerprint density at radius 2 is 1.58 bits per heavy atom. The molecule has 1 saturated heterocycles. The van der Waals surface area contributed by atoms with Crippen molar-refractivity contribution in [2.24, 2.45) is 11.8 Å². The van der Waals surface area contributed by atoms with E-state index >= 15 is 0 Å². The molecule has 3 aromatic rings. The lowest BCUT2D eigenvalue weighted by Crippen LogP contribution is -2.54. The molecule has 3 heterocycles. The Balaban J connectivity index is 0.772. The van der Waals surface area contributed by atoms with Crippen LogP contribution in [0.25, 0.3) is 0 Å². The third-order valence-corrected chi connectivity index (χ3v) is 12.5. The largest absolute Gasteiger partial charge is 0.490 e. The predicted molar refractivity (Wildman–Crippen MR) is 211 cm³/mol. The number of nitriles is 1. The van der Waals surface area contributed by atoms with Gasteiger partial charge in [-0.3, -0.25) is 39.1 Å². The van der Waals surface area contributed by atoms with Gasteiger partial charge in [-0.2, -0.15) is 5.26 Å². The van der Waals surface area contributed by atoms with E-state index in [0.29, 0.717) is 51.4 Å². The predicted octanol–water partition coefficient (Wildman–Crippen LogP) is 5.95. The molecule has 8 rings (SSSR count). The van der Waals surface area contributed by atoms with E-state index in [1.807, 2.05) is 36.4 Å². The van der Waals surface area contributed by atoms with Crippen LogP contribution in [0.2, 0.25) is 5.02 Å². The van der Waals surface area contributed by atoms with Gasteiger partial charge in [-0.15, -0.1) is 0 Å². The highest BCUT2D eigenvalue weighted by atomic mass is 35.5. The Bertz CT molecular complexity index is 2220. The third kappa shape index (κ3) is 8.46. The molecule has 3 aliphatic heterocycles. The van der Waals surface area contributed by atoms with E-state index in [4.69, 9.17) is 21.6 Å². The topological polar surface area (TPSA) is 149 Å². The number of benzene rings is 3. The molecule has 5 amide bonds. The van der Waals surface area contributed by atoms with Gasteiger partial charge < -0.3 is 10.1 Å². The first-order chi connectivity index (χ1) is 27.6. The number of carbonyl (C=O) groups excluding carboxylic acids is 5. The highest BCUT2D eigenvalue weighted by Gasteiger charge is 2.45. The average Bonchev–Trinajstić information content (AvgIpc) is 3.45. The lowest BCUT2D eigenvalue weighted by molar-refractivity contribution is -0.136. The zero-order valence-electron chi connectivity index (χ0n) is 31.7. The van der Waals surface area contributed by atoms with Gasteiger partial charge >= 0.3 is 0 Å². The molecule has 0 bridgehead atoms. The summed E-state index contributed by atoms with van der Waals surface area (Å²) in [7, 11) is 0. The van der Waals surface area contributed by atoms with Gasteiger partial charge in [0.1, 0.15) is 17.9 Å². The standard InChI is InChI=1S/C45H44ClN5O6/c46-39-23-36(14-11-32(39)24-47)57-35-15-12-34(13-16-35)48-42(53)30-9-7-28(8-10-30)2-1-27-3-5-29(6-4-27)25-50-20-19-31-21-37-38(22-33(31)26-50)45(56)51(44(37)55)40-17-18-41(52)49-43(40)54/h7-11,14,21-23,27,29,34-35,40H,3-6,12-13,15-20,25-26H2,(H,48,53)(H,49,52,54)/t27?,29?,34-,35-,40?. The fraction of sp³-hybridized carbons (Fsp3) is 0.422. The second kappa shape index (κ2) is 16.5. The van der Waals surface area contributed by atoms with Crippen molar-refractivity contribution < 1.29 is 28.7 Å². The first kappa shape index (κ1) is 38.4. The van der Waals surface area contributed by atoms with Gasteiger partial charge in [0.25, 0.3) is 17.7 Å². The van der Waals surface area contributed by atoms with Crippen LogP contribution in [0.3, 0.4) is 0 Å². The molecule has 2 aliphatic carbocycles. The van der Waals surface area contributed by atoms with Gasteiger partial charge in [-0.1, -0.05) is 23.4 Å². The molecule has 0 radical (unpaired) electrons. The van der Waals surface area contributed by atoms with E-state index in [2.05, 4.69) is 33.4 Å². The van der Waals surface area contributed by atoms with Crippen LogP contribution in [0.5, 0.6) is 5.75 Å². The molecular weight excluding hydrogens is 742 g/mol. The number of imide groups is 2. The van der Waals surface area contributed by atoms with Crippen molar-refractivity contribution in [3.63, 3.8) is 0 Å². The van der Waals surface area contributed by atoms with E-state index in [9.17, 15) is 24.0 Å². The maximum Gasteiger partial charge on any atom is 0.262 e. The average molecular weight is 786 g/mol. The number of hydrogen-bond donors (Lipinski definition) is 2. The minimum Gasteiger partial charge on any atom is -0.490 e. The number of ether oxygens (including phenoxy) is 1. The Morgan fingerprint density at radius 3 is 2.26 bits per heavy atom. The summed E-state index contributed by atoms with van der Waals surface area (Å²) >= 11 is 6.15. The van der Waals surface area contributed by atoms with E-state index in [-0.39, 0.29) is 36.8 Å². The number of nitrogens with zero attached hydrogens (tertiary/aromatic N) is 3. The van der Waals surface area contributed by atoms with Crippen LogP contribution in [0.4, 0.5) is 0 Å². The fourth-order valence-corrected chi connectivity index (χ4v) is 9.14. The molecule has 0 aromatic heterocycles. The minimum atomic E-state index is -0.962. The summed E-state index contributed by atoms with van der Waals surface area (Å²) < 4.78 is 6.08. The highest BCUT2D eigenvalue weighted by Crippen LogP contribution is 2.34. The van der Waals surface area contributed by atoms with Gasteiger partial charge in [-0.05, 0) is 130 Å². The van der Waals surface area contributed by atoms with Gasteiger partial charge in [0.2, 0.25) is 11.8 Å². The summed E-state index contributed by atoms with van der Waals surface area (Å²) in [6.07, 6.45) is 8.61. The van der Waals surface area contributed by atoms with Crippen molar-refractivity contribution in [3.8, 4) is 23.7 Å². The number of halogens is 1. The lowest BCUT2D eigenvalue weighted by atomic mass is 9.81. The zero-order valence-corrected chi connectivity index (χ0v) is 32.4. The molecular formula is C45H44ClN5O6. The molecule has 1 atom stereocenters. The fourth-order valence-electron chi connectivity index (χ4n) is 8.93. The summed E-state index contributed by atoms with van der Waals surface area (Å²) in [6, 6.07) is 17.5. The third-order valence-electron chi connectivity index (χ3n) is 12.2. The number of amides is 5. The van der Waals surface area contributed by atoms with Crippen molar-refractivity contribution in [2.45, 2.75) is 95.4 Å². The maximum absolute atomic E-state index is 13.4. The summed E-state index contributed by atoms with van der Waals surface area (Å²) in [5.41, 5.74) is 4.75. The van der Waals surface area contributed by atoms with E-state index in [0.717, 1.165) is 92.5 Å². The van der Waals surface area contributed by atoms with Gasteiger partial charge in [-0.25, -0.2) is 0 Å². The van der Waals surface area contributed by atoms with Crippen LogP contribution in [-0.4, -0.2) is 70.6 Å². The van der Waals surface area contributed by atoms with Crippen molar-refractivity contribution >= 4 is 41.1 Å². The molecule has 3 aromatic carbocycles. The molecule has 292 valence electrons. The molecule has 3 fully saturated rings. The number of fused-ring (bicyclic) bond motifs is 2. The summed E-state index contributed by atoms with van der Waals surface area (Å²) in [6.45, 7) is 2.56. The van der Waals surface area contributed by atoms with Crippen molar-refractivity contribution in [2.75, 3.05) is 13.1 Å². The highest BCUT2D eigenvalue weighted by molar-refractivity contribution is 6.31. The number of rotatable bonds is 7. The monoisotopic (exact) mass is 785 g/mol. The van der Waals surface area contributed by atoms with Crippen molar-refractivity contribution in [1.29, 1.82) is 5.26 Å². The lowest BCUT2D eigenvalue weighted by Gasteiger charge is -2.34. The van der Waals surface area contributed by atoms with E-state index < -0.39 is 23.8 Å². The van der Waals surface area contributed by atoms with Crippen molar-refractivity contribution in [1.82, 2.24) is 20.4 Å². The van der Waals surface area contributed by atoms with Crippen LogP contribution < -0.4 is 15.4 Å². The van der Waals surface area contributed by atoms with Crippen LogP contribution in [-0.2, 0) is 22.6 Å². The Labute approximate surface area is 337 Å². The minimum absolute atomic E-state index is 0.0393. The normalized spacial score (nSPS) is 24.7. The first-order valence-electron chi connectivity index (χ1n) is 20.0. The van der Waals surface area contributed by atoms with Crippen LogP contribution in [0.15, 0.2) is 54.6 Å². The Kier molecular flexibility index (Phi) is 11.1. The summed E-state index contributed by atoms with van der Waals surface area (Å²) in [5, 5.41) is 14.9. The molecule has 0 spiro atoms. The number of nitrogens with one attached hydrogen (secondary N) is 2. The maximum atomic E-state index is 13.4. The quantitative estimate of drug-likeness (QED) is 0.221. The summed E-state index contributed by atoms with van der Waals surface area (Å²) in [4.78, 5) is 67.2. The van der Waals surface area contributed by atoms with Gasteiger partial charge in [0.15, 0.2) is 0 Å². The Hall–Kier alpha value is -5.49. The molecule has 57 heavy (non-hydrogen) atoms. The van der Waals surface area contributed by atoms with E-state index in [1.165, 1.54) is 0 Å². The second-order valence-corrected chi connectivity index (χ2v) is 16.4. The second-order valence-electron chi connectivity index (χ2n) is 16.0. The van der Waals surface area contributed by atoms with Crippen LogP contribution in [0.1, 0.15) is 118 Å². The molecule has 1 unspecified atom stereocenters. The van der Waals surface area contributed by atoms with E-state index in [1.54, 1.807) is 18.2 Å². The number of hydrogen-bond acceptors (Lipinski definition) is 8. The molecule has 2 saturated carbocycles. The SMILES string of the molecule is N#Cc1ccc(O[C@H]2CC[C@H](NC(=O)c3ccc(C#CC4CCC(CN5CCc6cc7c(cc6C5)C(=O)N(C5CCC(=O)NC5=O)C7=O)CC4)cc3)CC2)cc1Cl. The molecule has 2 N–H and O–H groups in total. The van der Waals surface area contributed by atoms with Crippen LogP contribution in [0, 0.1) is 35.0 Å². The van der Waals surface area contributed by atoms with Gasteiger partial charge in [0, 0.05) is 55.2 Å². The Morgan fingerprint density at radius 1 is 0.860 bits per heavy atom. The number of piperidine rings is 1.